The molecule has 0 aromatic heterocycles. The molecule has 1 aromatic rings. The molecule has 4 nitrogen and oxygen atoms in total. The molecular formula is C14H21NO3. The summed E-state index contributed by atoms with van der Waals surface area (Å²) in [6.07, 6.45) is 0. The highest BCUT2D eigenvalue weighted by atomic mass is 16.5. The molecule has 0 spiro atoms. The van der Waals surface area contributed by atoms with Gasteiger partial charge in [-0.3, -0.25) is 4.79 Å². The van der Waals surface area contributed by atoms with Crippen LogP contribution in [-0.2, 0) is 27.4 Å². The zero-order chi connectivity index (χ0) is 13.2. The van der Waals surface area contributed by atoms with E-state index < -0.39 is 0 Å². The first-order chi connectivity index (χ1) is 8.77. The average Bonchev–Trinajstić information content (AvgIpc) is 2.38. The van der Waals surface area contributed by atoms with Crippen LogP contribution in [0.4, 0.5) is 0 Å². The van der Waals surface area contributed by atoms with E-state index in [0.29, 0.717) is 26.4 Å². The molecular weight excluding hydrogens is 230 g/mol. The van der Waals surface area contributed by atoms with E-state index >= 15 is 0 Å². The summed E-state index contributed by atoms with van der Waals surface area (Å²) in [6.45, 7) is 6.37. The molecule has 0 atom stereocenters. The van der Waals surface area contributed by atoms with Crippen molar-refractivity contribution in [2.45, 2.75) is 27.0 Å². The number of hydrogen-bond acceptors (Lipinski definition) is 4. The molecule has 1 aromatic carbocycles. The van der Waals surface area contributed by atoms with Crippen LogP contribution < -0.4 is 5.32 Å². The van der Waals surface area contributed by atoms with Crippen molar-refractivity contribution in [1.29, 1.82) is 0 Å². The van der Waals surface area contributed by atoms with Gasteiger partial charge in [-0.05, 0) is 25.0 Å². The lowest BCUT2D eigenvalue weighted by atomic mass is 10.1. The number of esters is 1. The smallest absolute Gasteiger partial charge is 0.319 e. The van der Waals surface area contributed by atoms with Crippen molar-refractivity contribution in [3.8, 4) is 0 Å². The van der Waals surface area contributed by atoms with E-state index in [9.17, 15) is 4.79 Å². The fourth-order valence-electron chi connectivity index (χ4n) is 1.59. The Morgan fingerprint density at radius 1 is 1.17 bits per heavy atom. The summed E-state index contributed by atoms with van der Waals surface area (Å²) in [5.74, 6) is -0.222. The predicted octanol–water partition coefficient (Wildman–Crippen LogP) is 1.88. The van der Waals surface area contributed by atoms with Crippen LogP contribution in [0.3, 0.4) is 0 Å². The molecule has 0 heterocycles. The van der Waals surface area contributed by atoms with E-state index in [1.54, 1.807) is 6.92 Å². The summed E-state index contributed by atoms with van der Waals surface area (Å²) >= 11 is 0. The second kappa shape index (κ2) is 8.66. The minimum atomic E-state index is -0.222. The molecule has 100 valence electrons. The molecule has 0 amide bonds. The Morgan fingerprint density at radius 2 is 1.89 bits per heavy atom. The summed E-state index contributed by atoms with van der Waals surface area (Å²) in [5, 5.41) is 3.07. The highest BCUT2D eigenvalue weighted by Crippen LogP contribution is 2.09. The summed E-state index contributed by atoms with van der Waals surface area (Å²) in [7, 11) is 0. The second-order valence-corrected chi connectivity index (χ2v) is 3.81. The minimum Gasteiger partial charge on any atom is -0.465 e. The molecule has 0 aliphatic heterocycles. The normalized spacial score (nSPS) is 10.3. The number of carbonyl (C=O) groups is 1. The van der Waals surface area contributed by atoms with E-state index in [-0.39, 0.29) is 12.5 Å². The van der Waals surface area contributed by atoms with E-state index in [1.807, 2.05) is 31.2 Å². The predicted molar refractivity (Wildman–Crippen MR) is 70.1 cm³/mol. The van der Waals surface area contributed by atoms with Gasteiger partial charge in [-0.15, -0.1) is 0 Å². The standard InChI is InChI=1S/C14H21NO3/c1-3-17-11-13-8-6-5-7-12(13)9-15-10-14(16)18-4-2/h5-8,15H,3-4,9-11H2,1-2H3. The van der Waals surface area contributed by atoms with Gasteiger partial charge in [0.05, 0.1) is 19.8 Å². The monoisotopic (exact) mass is 251 g/mol. The largest absolute Gasteiger partial charge is 0.465 e. The number of rotatable bonds is 8. The van der Waals surface area contributed by atoms with Crippen molar-refractivity contribution in [2.24, 2.45) is 0 Å². The van der Waals surface area contributed by atoms with Crippen LogP contribution in [0.25, 0.3) is 0 Å². The highest BCUT2D eigenvalue weighted by Gasteiger charge is 2.04. The van der Waals surface area contributed by atoms with Crippen molar-refractivity contribution in [2.75, 3.05) is 19.8 Å². The van der Waals surface area contributed by atoms with E-state index in [4.69, 9.17) is 9.47 Å². The van der Waals surface area contributed by atoms with Gasteiger partial charge in [0.2, 0.25) is 0 Å². The summed E-state index contributed by atoms with van der Waals surface area (Å²) in [4.78, 5) is 11.2. The van der Waals surface area contributed by atoms with Gasteiger partial charge in [0.1, 0.15) is 0 Å². The Balaban J connectivity index is 2.43. The molecule has 0 bridgehead atoms. The van der Waals surface area contributed by atoms with Crippen molar-refractivity contribution < 1.29 is 14.3 Å². The third-order valence-electron chi connectivity index (χ3n) is 2.47. The maximum Gasteiger partial charge on any atom is 0.319 e. The van der Waals surface area contributed by atoms with Gasteiger partial charge in [-0.25, -0.2) is 0 Å². The number of hydrogen-bond donors (Lipinski definition) is 1. The average molecular weight is 251 g/mol. The van der Waals surface area contributed by atoms with Crippen molar-refractivity contribution in [3.63, 3.8) is 0 Å². The molecule has 1 rings (SSSR count). The third-order valence-corrected chi connectivity index (χ3v) is 2.47. The Kier molecular flexibility index (Phi) is 7.06. The maximum atomic E-state index is 11.2. The van der Waals surface area contributed by atoms with Gasteiger partial charge in [0, 0.05) is 13.2 Å². The molecule has 0 aliphatic rings. The Bertz CT molecular complexity index is 366. The van der Waals surface area contributed by atoms with Crippen LogP contribution in [0.15, 0.2) is 24.3 Å². The maximum absolute atomic E-state index is 11.2. The molecule has 0 radical (unpaired) electrons. The first-order valence-electron chi connectivity index (χ1n) is 6.28. The first kappa shape index (κ1) is 14.7. The molecule has 0 saturated heterocycles. The first-order valence-corrected chi connectivity index (χ1v) is 6.28. The van der Waals surface area contributed by atoms with Crippen molar-refractivity contribution in [1.82, 2.24) is 5.32 Å². The van der Waals surface area contributed by atoms with Crippen molar-refractivity contribution in [3.05, 3.63) is 35.4 Å². The fraction of sp³-hybridized carbons (Fsp3) is 0.500. The summed E-state index contributed by atoms with van der Waals surface area (Å²) in [6, 6.07) is 8.05. The number of carbonyl (C=O) groups excluding carboxylic acids is 1. The van der Waals surface area contributed by atoms with Gasteiger partial charge in [-0.2, -0.15) is 0 Å². The fourth-order valence-corrected chi connectivity index (χ4v) is 1.59. The molecule has 0 saturated carbocycles. The van der Waals surface area contributed by atoms with Gasteiger partial charge in [-0.1, -0.05) is 24.3 Å². The SMILES string of the molecule is CCOCc1ccccc1CNCC(=O)OCC. The van der Waals surface area contributed by atoms with Crippen LogP contribution in [0.5, 0.6) is 0 Å². The van der Waals surface area contributed by atoms with Gasteiger partial charge in [0.15, 0.2) is 0 Å². The van der Waals surface area contributed by atoms with Crippen molar-refractivity contribution >= 4 is 5.97 Å². The topological polar surface area (TPSA) is 47.6 Å². The quantitative estimate of drug-likeness (QED) is 0.717. The molecule has 0 unspecified atom stereocenters. The Labute approximate surface area is 108 Å². The Hall–Kier alpha value is -1.39. The number of ether oxygens (including phenoxy) is 2. The minimum absolute atomic E-state index is 0.222. The molecule has 0 aliphatic carbocycles. The molecule has 18 heavy (non-hydrogen) atoms. The summed E-state index contributed by atoms with van der Waals surface area (Å²) < 4.78 is 10.3. The highest BCUT2D eigenvalue weighted by molar-refractivity contribution is 5.71. The zero-order valence-corrected chi connectivity index (χ0v) is 11.1. The van der Waals surface area contributed by atoms with Crippen LogP contribution in [0.1, 0.15) is 25.0 Å². The zero-order valence-electron chi connectivity index (χ0n) is 11.1. The molecule has 4 heteroatoms. The lowest BCUT2D eigenvalue weighted by molar-refractivity contribution is -0.142. The lowest BCUT2D eigenvalue weighted by Gasteiger charge is -2.10. The van der Waals surface area contributed by atoms with Gasteiger partial charge in [0.25, 0.3) is 0 Å². The lowest BCUT2D eigenvalue weighted by Crippen LogP contribution is -2.24. The Morgan fingerprint density at radius 3 is 2.56 bits per heavy atom. The summed E-state index contributed by atoms with van der Waals surface area (Å²) in [5.41, 5.74) is 2.30. The van der Waals surface area contributed by atoms with Gasteiger partial charge >= 0.3 is 5.97 Å². The van der Waals surface area contributed by atoms with Crippen LogP contribution in [0.2, 0.25) is 0 Å². The number of nitrogens with one attached hydrogen (secondary N) is 1. The van der Waals surface area contributed by atoms with Crippen LogP contribution >= 0.6 is 0 Å². The van der Waals surface area contributed by atoms with Gasteiger partial charge < -0.3 is 14.8 Å². The number of benzene rings is 1. The third kappa shape index (κ3) is 5.29. The van der Waals surface area contributed by atoms with Crippen LogP contribution in [0, 0.1) is 0 Å². The molecule has 1 N–H and O–H groups in total. The molecule has 0 fully saturated rings. The van der Waals surface area contributed by atoms with E-state index in [1.165, 1.54) is 0 Å². The second-order valence-electron chi connectivity index (χ2n) is 3.81. The van der Waals surface area contributed by atoms with E-state index in [0.717, 1.165) is 11.1 Å². The van der Waals surface area contributed by atoms with E-state index in [2.05, 4.69) is 5.32 Å². The van der Waals surface area contributed by atoms with Crippen LogP contribution in [-0.4, -0.2) is 25.7 Å².